The van der Waals surface area contributed by atoms with Crippen molar-refractivity contribution in [1.82, 2.24) is 15.3 Å². The van der Waals surface area contributed by atoms with Crippen LogP contribution in [0, 0.1) is 0 Å². The van der Waals surface area contributed by atoms with E-state index in [0.29, 0.717) is 6.04 Å². The normalized spacial score (nSPS) is 17.0. The minimum Gasteiger partial charge on any atom is -0.338 e. The zero-order valence-corrected chi connectivity index (χ0v) is 12.3. The molecule has 1 aromatic rings. The van der Waals surface area contributed by atoms with Gasteiger partial charge in [0.25, 0.3) is 0 Å². The monoisotopic (exact) mass is 275 g/mol. The van der Waals surface area contributed by atoms with E-state index in [1.165, 1.54) is 37.7 Å². The largest absolute Gasteiger partial charge is 0.338 e. The van der Waals surface area contributed by atoms with E-state index < -0.39 is 0 Å². The SMILES string of the molecule is CCN(Cc1ccncc1)C(=NC1CCCCC1)NN. The second-order valence-corrected chi connectivity index (χ2v) is 5.26. The lowest BCUT2D eigenvalue weighted by Crippen LogP contribution is -2.45. The summed E-state index contributed by atoms with van der Waals surface area (Å²) in [7, 11) is 0. The average molecular weight is 275 g/mol. The standard InChI is InChI=1S/C15H25N5/c1-2-20(12-13-8-10-17-11-9-13)15(19-16)18-14-6-4-3-5-7-14/h8-11,14H,2-7,12,16H2,1H3,(H,18,19). The summed E-state index contributed by atoms with van der Waals surface area (Å²) in [4.78, 5) is 11.0. The summed E-state index contributed by atoms with van der Waals surface area (Å²) >= 11 is 0. The number of pyridine rings is 1. The number of nitrogens with one attached hydrogen (secondary N) is 1. The molecule has 1 aromatic heterocycles. The van der Waals surface area contributed by atoms with Gasteiger partial charge in [-0.25, -0.2) is 10.8 Å². The minimum absolute atomic E-state index is 0.418. The van der Waals surface area contributed by atoms with Crippen molar-refractivity contribution in [3.63, 3.8) is 0 Å². The maximum absolute atomic E-state index is 5.69. The van der Waals surface area contributed by atoms with Crippen molar-refractivity contribution >= 4 is 5.96 Å². The summed E-state index contributed by atoms with van der Waals surface area (Å²) in [5.74, 6) is 6.49. The molecule has 0 unspecified atom stereocenters. The first-order valence-electron chi connectivity index (χ1n) is 7.51. The van der Waals surface area contributed by atoms with Gasteiger partial charge in [-0.3, -0.25) is 10.4 Å². The number of nitrogens with zero attached hydrogens (tertiary/aromatic N) is 3. The summed E-state index contributed by atoms with van der Waals surface area (Å²) in [5.41, 5.74) is 4.00. The molecule has 1 heterocycles. The number of nitrogens with two attached hydrogens (primary N) is 1. The number of aliphatic imine (C=N–C) groups is 1. The molecule has 0 bridgehead atoms. The van der Waals surface area contributed by atoms with Crippen LogP contribution >= 0.6 is 0 Å². The Kier molecular flexibility index (Phi) is 5.80. The number of hydrazine groups is 1. The van der Waals surface area contributed by atoms with Gasteiger partial charge in [0.1, 0.15) is 0 Å². The highest BCUT2D eigenvalue weighted by Gasteiger charge is 2.15. The molecular weight excluding hydrogens is 250 g/mol. The van der Waals surface area contributed by atoms with Gasteiger partial charge in [0.05, 0.1) is 6.04 Å². The highest BCUT2D eigenvalue weighted by atomic mass is 15.4. The van der Waals surface area contributed by atoms with Gasteiger partial charge in [0.2, 0.25) is 5.96 Å². The molecule has 0 atom stereocenters. The van der Waals surface area contributed by atoms with E-state index in [-0.39, 0.29) is 0 Å². The molecule has 3 N–H and O–H groups in total. The lowest BCUT2D eigenvalue weighted by Gasteiger charge is -2.27. The summed E-state index contributed by atoms with van der Waals surface area (Å²) in [6, 6.07) is 4.47. The summed E-state index contributed by atoms with van der Waals surface area (Å²) in [5, 5.41) is 0. The van der Waals surface area contributed by atoms with Crippen LogP contribution < -0.4 is 11.3 Å². The summed E-state index contributed by atoms with van der Waals surface area (Å²) in [6.45, 7) is 3.79. The number of guanidine groups is 1. The van der Waals surface area contributed by atoms with Crippen LogP contribution in [0.1, 0.15) is 44.6 Å². The van der Waals surface area contributed by atoms with E-state index in [9.17, 15) is 0 Å². The van der Waals surface area contributed by atoms with E-state index in [0.717, 1.165) is 19.0 Å². The van der Waals surface area contributed by atoms with E-state index in [2.05, 4.69) is 22.2 Å². The molecule has 110 valence electrons. The van der Waals surface area contributed by atoms with Gasteiger partial charge in [0.15, 0.2) is 0 Å². The van der Waals surface area contributed by atoms with Crippen LogP contribution in [0.15, 0.2) is 29.5 Å². The molecule has 20 heavy (non-hydrogen) atoms. The highest BCUT2D eigenvalue weighted by molar-refractivity contribution is 5.79. The van der Waals surface area contributed by atoms with Gasteiger partial charge in [-0.1, -0.05) is 19.3 Å². The van der Waals surface area contributed by atoms with Crippen LogP contribution in [0.2, 0.25) is 0 Å². The Morgan fingerprint density at radius 3 is 2.65 bits per heavy atom. The Bertz CT molecular complexity index is 412. The highest BCUT2D eigenvalue weighted by Crippen LogP contribution is 2.20. The van der Waals surface area contributed by atoms with Crippen molar-refractivity contribution in [3.8, 4) is 0 Å². The Balaban J connectivity index is 2.04. The topological polar surface area (TPSA) is 66.5 Å². The fourth-order valence-electron chi connectivity index (χ4n) is 2.64. The third kappa shape index (κ3) is 4.20. The van der Waals surface area contributed by atoms with Crippen molar-refractivity contribution < 1.29 is 0 Å². The molecule has 0 amide bonds. The van der Waals surface area contributed by atoms with Crippen LogP contribution in [-0.4, -0.2) is 28.4 Å². The van der Waals surface area contributed by atoms with Crippen LogP contribution in [0.4, 0.5) is 0 Å². The first-order valence-corrected chi connectivity index (χ1v) is 7.51. The summed E-state index contributed by atoms with van der Waals surface area (Å²) < 4.78 is 0. The van der Waals surface area contributed by atoms with Crippen LogP contribution in [-0.2, 0) is 6.54 Å². The summed E-state index contributed by atoms with van der Waals surface area (Å²) in [6.07, 6.45) is 9.89. The quantitative estimate of drug-likeness (QED) is 0.382. The smallest absolute Gasteiger partial charge is 0.208 e. The van der Waals surface area contributed by atoms with Crippen LogP contribution in [0.25, 0.3) is 0 Å². The van der Waals surface area contributed by atoms with E-state index in [4.69, 9.17) is 10.8 Å². The van der Waals surface area contributed by atoms with Gasteiger partial charge < -0.3 is 4.90 Å². The van der Waals surface area contributed by atoms with Gasteiger partial charge in [-0.05, 0) is 37.5 Å². The molecule has 1 aliphatic carbocycles. The van der Waals surface area contributed by atoms with Crippen molar-refractivity contribution in [2.75, 3.05) is 6.54 Å². The predicted molar refractivity (Wildman–Crippen MR) is 82.0 cm³/mol. The van der Waals surface area contributed by atoms with Crippen LogP contribution in [0.5, 0.6) is 0 Å². The van der Waals surface area contributed by atoms with E-state index in [1.54, 1.807) is 0 Å². The predicted octanol–water partition coefficient (Wildman–Crippen LogP) is 2.06. The minimum atomic E-state index is 0.418. The maximum atomic E-state index is 5.69. The van der Waals surface area contributed by atoms with Gasteiger partial charge in [-0.15, -0.1) is 0 Å². The molecule has 0 aliphatic heterocycles. The van der Waals surface area contributed by atoms with Crippen molar-refractivity contribution in [1.29, 1.82) is 0 Å². The molecule has 0 spiro atoms. The Hall–Kier alpha value is -1.62. The number of hydrogen-bond acceptors (Lipinski definition) is 3. The third-order valence-corrected chi connectivity index (χ3v) is 3.81. The Morgan fingerprint density at radius 1 is 1.35 bits per heavy atom. The molecule has 5 heteroatoms. The molecule has 0 saturated heterocycles. The molecular formula is C15H25N5. The zero-order valence-electron chi connectivity index (χ0n) is 12.3. The zero-order chi connectivity index (χ0) is 14.2. The third-order valence-electron chi connectivity index (χ3n) is 3.81. The van der Waals surface area contributed by atoms with Crippen molar-refractivity contribution in [2.24, 2.45) is 10.8 Å². The number of rotatable bonds is 4. The molecule has 1 fully saturated rings. The number of aromatic nitrogens is 1. The van der Waals surface area contributed by atoms with Gasteiger partial charge in [0, 0.05) is 25.5 Å². The van der Waals surface area contributed by atoms with E-state index >= 15 is 0 Å². The maximum Gasteiger partial charge on any atom is 0.208 e. The second kappa shape index (κ2) is 7.85. The molecule has 0 aromatic carbocycles. The lowest BCUT2D eigenvalue weighted by molar-refractivity contribution is 0.396. The average Bonchev–Trinajstić information content (AvgIpc) is 2.52. The second-order valence-electron chi connectivity index (χ2n) is 5.26. The Morgan fingerprint density at radius 2 is 2.05 bits per heavy atom. The van der Waals surface area contributed by atoms with Gasteiger partial charge in [-0.2, -0.15) is 0 Å². The first-order chi connectivity index (χ1) is 9.83. The van der Waals surface area contributed by atoms with Gasteiger partial charge >= 0.3 is 0 Å². The molecule has 0 radical (unpaired) electrons. The molecule has 5 nitrogen and oxygen atoms in total. The van der Waals surface area contributed by atoms with E-state index in [1.807, 2.05) is 24.5 Å². The van der Waals surface area contributed by atoms with Crippen molar-refractivity contribution in [2.45, 2.75) is 51.6 Å². The Labute approximate surface area is 121 Å². The number of hydrogen-bond donors (Lipinski definition) is 2. The van der Waals surface area contributed by atoms with Crippen LogP contribution in [0.3, 0.4) is 0 Å². The van der Waals surface area contributed by atoms with Crippen molar-refractivity contribution in [3.05, 3.63) is 30.1 Å². The molecule has 1 saturated carbocycles. The lowest BCUT2D eigenvalue weighted by atomic mass is 9.96. The fourth-order valence-corrected chi connectivity index (χ4v) is 2.64. The first kappa shape index (κ1) is 14.8. The molecule has 2 rings (SSSR count). The molecule has 1 aliphatic rings. The fraction of sp³-hybridized carbons (Fsp3) is 0.600.